The highest BCUT2D eigenvalue weighted by atomic mass is 19.4. The molecule has 0 fully saturated rings. The molecule has 1 aromatic heterocycles. The molecule has 0 amide bonds. The molecule has 0 bridgehead atoms. The lowest BCUT2D eigenvalue weighted by molar-refractivity contribution is -0.389. The molecule has 1 aliphatic rings. The van der Waals surface area contributed by atoms with E-state index in [0.717, 1.165) is 12.0 Å². The normalized spacial score (nSPS) is 19.0. The number of benzene rings is 1. The monoisotopic (exact) mass is 400 g/mol. The van der Waals surface area contributed by atoms with Crippen molar-refractivity contribution in [3.8, 4) is 11.8 Å². The fraction of sp³-hybridized carbons (Fsp3) is 0.471. The predicted octanol–water partition coefficient (Wildman–Crippen LogP) is 3.27. The second kappa shape index (κ2) is 8.05. The van der Waals surface area contributed by atoms with Crippen LogP contribution in [-0.2, 0) is 13.1 Å². The van der Waals surface area contributed by atoms with Gasteiger partial charge in [0.1, 0.15) is 18.1 Å². The van der Waals surface area contributed by atoms with Gasteiger partial charge in [0.15, 0.2) is 0 Å². The third-order valence-corrected chi connectivity index (χ3v) is 4.42. The zero-order chi connectivity index (χ0) is 20.3. The molecule has 0 saturated heterocycles. The number of imidazole rings is 1. The van der Waals surface area contributed by atoms with Gasteiger partial charge in [0.05, 0.1) is 0 Å². The van der Waals surface area contributed by atoms with Crippen molar-refractivity contribution in [2.45, 2.75) is 38.9 Å². The van der Waals surface area contributed by atoms with E-state index < -0.39 is 11.3 Å². The van der Waals surface area contributed by atoms with Crippen LogP contribution in [0.1, 0.15) is 18.9 Å². The molecule has 2 atom stereocenters. The molecular weight excluding hydrogens is 381 g/mol. The van der Waals surface area contributed by atoms with Crippen LogP contribution >= 0.6 is 0 Å². The summed E-state index contributed by atoms with van der Waals surface area (Å²) in [7, 11) is 0. The molecule has 1 aromatic carbocycles. The SMILES string of the molecule is CC[C@H]1Oc2nc([N+](=O)[O-])cn2CC1CNCc1ccc(OC(F)(F)F)cc1. The van der Waals surface area contributed by atoms with Crippen LogP contribution in [0.15, 0.2) is 30.5 Å². The highest BCUT2D eigenvalue weighted by molar-refractivity contribution is 5.27. The van der Waals surface area contributed by atoms with Gasteiger partial charge in [0.2, 0.25) is 0 Å². The smallest absolute Gasteiger partial charge is 0.442 e. The first-order valence-corrected chi connectivity index (χ1v) is 8.68. The standard InChI is InChI=1S/C17H19F3N4O4/c1-2-14-12(9-23-10-15(24(25)26)22-16(23)27-14)8-21-7-11-3-5-13(6-4-11)28-17(18,19)20/h3-6,10,12,14,21H,2,7-9H2,1H3/t12?,14-/m1/s1. The Balaban J connectivity index is 1.55. The van der Waals surface area contributed by atoms with E-state index in [9.17, 15) is 23.3 Å². The highest BCUT2D eigenvalue weighted by Crippen LogP contribution is 2.28. The van der Waals surface area contributed by atoms with Gasteiger partial charge in [-0.25, -0.2) is 0 Å². The van der Waals surface area contributed by atoms with Crippen LogP contribution in [0.25, 0.3) is 0 Å². The average Bonchev–Trinajstić information content (AvgIpc) is 3.04. The number of nitrogens with one attached hydrogen (secondary N) is 1. The lowest BCUT2D eigenvalue weighted by Crippen LogP contribution is -2.41. The molecule has 8 nitrogen and oxygen atoms in total. The second-order valence-electron chi connectivity index (χ2n) is 6.44. The van der Waals surface area contributed by atoms with Crippen LogP contribution < -0.4 is 14.8 Å². The van der Waals surface area contributed by atoms with E-state index in [4.69, 9.17) is 4.74 Å². The van der Waals surface area contributed by atoms with Gasteiger partial charge in [-0.3, -0.25) is 4.57 Å². The summed E-state index contributed by atoms with van der Waals surface area (Å²) >= 11 is 0. The molecule has 0 spiro atoms. The number of nitrogens with zero attached hydrogens (tertiary/aromatic N) is 3. The van der Waals surface area contributed by atoms with Gasteiger partial charge >= 0.3 is 18.2 Å². The number of fused-ring (bicyclic) bond motifs is 1. The van der Waals surface area contributed by atoms with E-state index in [1.807, 2.05) is 6.92 Å². The van der Waals surface area contributed by atoms with Crippen LogP contribution in [0.2, 0.25) is 0 Å². The maximum absolute atomic E-state index is 12.2. The van der Waals surface area contributed by atoms with E-state index in [0.29, 0.717) is 19.6 Å². The Morgan fingerprint density at radius 3 is 2.71 bits per heavy atom. The molecule has 11 heteroatoms. The number of rotatable bonds is 7. The third kappa shape index (κ3) is 4.91. The number of halogens is 3. The van der Waals surface area contributed by atoms with Gasteiger partial charge in [0.25, 0.3) is 0 Å². The number of aromatic nitrogens is 2. The molecule has 28 heavy (non-hydrogen) atoms. The maximum atomic E-state index is 12.2. The number of nitro groups is 1. The van der Waals surface area contributed by atoms with Gasteiger partial charge in [-0.2, -0.15) is 0 Å². The topological polar surface area (TPSA) is 91.5 Å². The van der Waals surface area contributed by atoms with Crippen LogP contribution in [0.5, 0.6) is 11.8 Å². The minimum atomic E-state index is -4.71. The largest absolute Gasteiger partial charge is 0.573 e. The molecule has 1 aliphatic heterocycles. The van der Waals surface area contributed by atoms with Gasteiger partial charge in [0, 0.05) is 30.5 Å². The highest BCUT2D eigenvalue weighted by Gasteiger charge is 2.34. The van der Waals surface area contributed by atoms with E-state index in [-0.39, 0.29) is 29.6 Å². The van der Waals surface area contributed by atoms with Gasteiger partial charge in [-0.15, -0.1) is 13.2 Å². The second-order valence-corrected chi connectivity index (χ2v) is 6.44. The molecule has 3 rings (SSSR count). The molecule has 0 saturated carbocycles. The van der Waals surface area contributed by atoms with Crippen molar-refractivity contribution in [3.63, 3.8) is 0 Å². The maximum Gasteiger partial charge on any atom is 0.573 e. The first kappa shape index (κ1) is 19.9. The van der Waals surface area contributed by atoms with Gasteiger partial charge < -0.3 is 24.9 Å². The van der Waals surface area contributed by atoms with E-state index in [1.54, 1.807) is 16.7 Å². The van der Waals surface area contributed by atoms with Crippen molar-refractivity contribution < 1.29 is 27.6 Å². The van der Waals surface area contributed by atoms with Crippen molar-refractivity contribution in [1.82, 2.24) is 14.9 Å². The van der Waals surface area contributed by atoms with Crippen molar-refractivity contribution in [2.75, 3.05) is 6.54 Å². The summed E-state index contributed by atoms with van der Waals surface area (Å²) in [5, 5.41) is 14.1. The van der Waals surface area contributed by atoms with Crippen molar-refractivity contribution in [1.29, 1.82) is 0 Å². The first-order chi connectivity index (χ1) is 13.2. The summed E-state index contributed by atoms with van der Waals surface area (Å²) in [5.74, 6) is -0.448. The van der Waals surface area contributed by atoms with Crippen molar-refractivity contribution >= 4 is 5.82 Å². The predicted molar refractivity (Wildman–Crippen MR) is 91.9 cm³/mol. The average molecular weight is 400 g/mol. The van der Waals surface area contributed by atoms with Crippen LogP contribution in [0.3, 0.4) is 0 Å². The van der Waals surface area contributed by atoms with E-state index >= 15 is 0 Å². The summed E-state index contributed by atoms with van der Waals surface area (Å²) in [6.07, 6.45) is -2.77. The summed E-state index contributed by atoms with van der Waals surface area (Å²) in [5.41, 5.74) is 0.804. The molecule has 1 N–H and O–H groups in total. The Morgan fingerprint density at radius 1 is 1.39 bits per heavy atom. The molecule has 0 aliphatic carbocycles. The number of hydrogen-bond donors (Lipinski definition) is 1. The molecule has 1 unspecified atom stereocenters. The zero-order valence-corrected chi connectivity index (χ0v) is 15.0. The first-order valence-electron chi connectivity index (χ1n) is 8.68. The molecule has 2 heterocycles. The molecule has 2 aromatic rings. The van der Waals surface area contributed by atoms with Gasteiger partial charge in [-0.1, -0.05) is 19.1 Å². The van der Waals surface area contributed by atoms with Crippen LogP contribution in [0.4, 0.5) is 19.0 Å². The lowest BCUT2D eigenvalue weighted by atomic mass is 9.98. The Hall–Kier alpha value is -2.82. The van der Waals surface area contributed by atoms with Crippen molar-refractivity contribution in [2.24, 2.45) is 5.92 Å². The summed E-state index contributed by atoms with van der Waals surface area (Å²) < 4.78 is 47.8. The molecular formula is C17H19F3N4O4. The summed E-state index contributed by atoms with van der Waals surface area (Å²) in [4.78, 5) is 14.2. The Kier molecular flexibility index (Phi) is 5.73. The van der Waals surface area contributed by atoms with Gasteiger partial charge in [-0.05, 0) is 29.0 Å². The molecule has 152 valence electrons. The Morgan fingerprint density at radius 2 is 2.11 bits per heavy atom. The third-order valence-electron chi connectivity index (χ3n) is 4.42. The van der Waals surface area contributed by atoms with Crippen LogP contribution in [0, 0.1) is 16.0 Å². The fourth-order valence-electron chi connectivity index (χ4n) is 3.12. The van der Waals surface area contributed by atoms with E-state index in [2.05, 4.69) is 15.0 Å². The quantitative estimate of drug-likeness (QED) is 0.567. The minimum Gasteiger partial charge on any atom is -0.442 e. The summed E-state index contributed by atoms with van der Waals surface area (Å²) in [6, 6.07) is 5.88. The number of hydrogen-bond acceptors (Lipinski definition) is 6. The lowest BCUT2D eigenvalue weighted by Gasteiger charge is -2.30. The number of ether oxygens (including phenoxy) is 2. The summed E-state index contributed by atoms with van der Waals surface area (Å²) in [6.45, 7) is 3.52. The van der Waals surface area contributed by atoms with Crippen molar-refractivity contribution in [3.05, 3.63) is 46.1 Å². The zero-order valence-electron chi connectivity index (χ0n) is 15.0. The Labute approximate surface area is 158 Å². The minimum absolute atomic E-state index is 0.0686. The van der Waals surface area contributed by atoms with Crippen LogP contribution in [-0.4, -0.2) is 33.5 Å². The number of alkyl halides is 3. The molecule has 0 radical (unpaired) electrons. The fourth-order valence-corrected chi connectivity index (χ4v) is 3.12. The van der Waals surface area contributed by atoms with E-state index in [1.165, 1.54) is 18.3 Å². The Bertz CT molecular complexity index is 823.